The van der Waals surface area contributed by atoms with E-state index in [-0.39, 0.29) is 0 Å². The van der Waals surface area contributed by atoms with E-state index >= 15 is 0 Å². The van der Waals surface area contributed by atoms with Crippen LogP contribution >= 0.6 is 0 Å². The second-order valence-electron chi connectivity index (χ2n) is 8.55. The van der Waals surface area contributed by atoms with Gasteiger partial charge in [0.15, 0.2) is 0 Å². The van der Waals surface area contributed by atoms with Crippen molar-refractivity contribution in [1.29, 1.82) is 0 Å². The molecule has 4 N–H and O–H groups in total. The fourth-order valence-corrected chi connectivity index (χ4v) is 3.40. The first-order valence-corrected chi connectivity index (χ1v) is 11.5. The normalized spacial score (nSPS) is 16.2. The van der Waals surface area contributed by atoms with Gasteiger partial charge in [0.2, 0.25) is 0 Å². The molecule has 0 aliphatic carbocycles. The van der Waals surface area contributed by atoms with Crippen molar-refractivity contribution in [1.82, 2.24) is 9.80 Å². The molecule has 0 radical (unpaired) electrons. The van der Waals surface area contributed by atoms with Crippen molar-refractivity contribution in [2.75, 3.05) is 65.7 Å². The molecule has 0 bridgehead atoms. The van der Waals surface area contributed by atoms with Gasteiger partial charge in [-0.25, -0.2) is 0 Å². The third-order valence-corrected chi connectivity index (χ3v) is 4.44. The van der Waals surface area contributed by atoms with Crippen molar-refractivity contribution in [2.24, 2.45) is 0 Å². The molecule has 0 aliphatic heterocycles. The van der Waals surface area contributed by atoms with Crippen molar-refractivity contribution < 1.29 is 29.9 Å². The molecule has 0 fully saturated rings. The summed E-state index contributed by atoms with van der Waals surface area (Å²) in [6.45, 7) is 13.7. The summed E-state index contributed by atoms with van der Waals surface area (Å²) in [6, 6.07) is 0. The summed E-state index contributed by atoms with van der Waals surface area (Å²) in [5.74, 6) is 0. The standard InChI is InChI=1S/C22H48N2O6/c1-19(25)15-23(16-20(2)26)9-7-13-29-11-5-6-12-30-14-8-10-24(17-21(3)27)18-22(4)28/h19-22,25-28H,5-18H2,1-4H3. The average Bonchev–Trinajstić information content (AvgIpc) is 2.60. The molecule has 4 atom stereocenters. The van der Waals surface area contributed by atoms with E-state index < -0.39 is 24.4 Å². The topological polar surface area (TPSA) is 106 Å². The van der Waals surface area contributed by atoms with Gasteiger partial charge in [-0.3, -0.25) is 9.80 Å². The van der Waals surface area contributed by atoms with Crippen LogP contribution in [0.15, 0.2) is 0 Å². The van der Waals surface area contributed by atoms with E-state index in [1.54, 1.807) is 27.7 Å². The van der Waals surface area contributed by atoms with E-state index in [2.05, 4.69) is 9.80 Å². The number of aliphatic hydroxyl groups excluding tert-OH is 4. The van der Waals surface area contributed by atoms with Crippen molar-refractivity contribution in [3.05, 3.63) is 0 Å². The minimum Gasteiger partial charge on any atom is -0.392 e. The predicted molar refractivity (Wildman–Crippen MR) is 120 cm³/mol. The third-order valence-electron chi connectivity index (χ3n) is 4.44. The van der Waals surface area contributed by atoms with Crippen LogP contribution < -0.4 is 0 Å². The molecule has 0 amide bonds. The number of hydrogen-bond acceptors (Lipinski definition) is 8. The molecule has 0 spiro atoms. The largest absolute Gasteiger partial charge is 0.392 e. The molecule has 8 nitrogen and oxygen atoms in total. The van der Waals surface area contributed by atoms with Crippen LogP contribution in [0, 0.1) is 0 Å². The van der Waals surface area contributed by atoms with Crippen molar-refractivity contribution in [3.63, 3.8) is 0 Å². The van der Waals surface area contributed by atoms with Crippen LogP contribution in [-0.2, 0) is 9.47 Å². The van der Waals surface area contributed by atoms with E-state index in [1.807, 2.05) is 0 Å². The molecule has 0 heterocycles. The molecule has 182 valence electrons. The zero-order valence-corrected chi connectivity index (χ0v) is 19.7. The SMILES string of the molecule is CC(O)CN(CCCOCCCCOCCCN(CC(C)O)CC(C)O)CC(C)O. The monoisotopic (exact) mass is 436 g/mol. The summed E-state index contributed by atoms with van der Waals surface area (Å²) in [7, 11) is 0. The van der Waals surface area contributed by atoms with Gasteiger partial charge in [-0.2, -0.15) is 0 Å². The van der Waals surface area contributed by atoms with Crippen molar-refractivity contribution in [2.45, 2.75) is 77.8 Å². The molecular formula is C22H48N2O6. The first kappa shape index (κ1) is 29.7. The Morgan fingerprint density at radius 2 is 0.767 bits per heavy atom. The molecule has 0 saturated heterocycles. The second-order valence-corrected chi connectivity index (χ2v) is 8.55. The maximum absolute atomic E-state index is 9.52. The van der Waals surface area contributed by atoms with E-state index in [0.29, 0.717) is 52.6 Å². The maximum atomic E-state index is 9.52. The predicted octanol–water partition coefficient (Wildman–Crippen LogP) is 0.707. The number of nitrogens with zero attached hydrogens (tertiary/aromatic N) is 2. The number of aliphatic hydroxyl groups is 4. The highest BCUT2D eigenvalue weighted by Crippen LogP contribution is 2.01. The lowest BCUT2D eigenvalue weighted by atomic mass is 10.3. The van der Waals surface area contributed by atoms with Gasteiger partial charge in [0, 0.05) is 65.7 Å². The molecule has 4 unspecified atom stereocenters. The molecule has 0 saturated carbocycles. The van der Waals surface area contributed by atoms with E-state index in [4.69, 9.17) is 9.47 Å². The number of hydrogen-bond donors (Lipinski definition) is 4. The first-order chi connectivity index (χ1) is 14.2. The molecule has 0 rings (SSSR count). The Morgan fingerprint density at radius 1 is 0.500 bits per heavy atom. The fourth-order valence-electron chi connectivity index (χ4n) is 3.40. The highest BCUT2D eigenvalue weighted by molar-refractivity contribution is 4.65. The second kappa shape index (κ2) is 19.4. The quantitative estimate of drug-likeness (QED) is 0.195. The Hall–Kier alpha value is -0.320. The molecule has 0 aromatic carbocycles. The molecule has 0 aromatic heterocycles. The Bertz CT molecular complexity index is 316. The van der Waals surface area contributed by atoms with Crippen molar-refractivity contribution in [3.8, 4) is 0 Å². The van der Waals surface area contributed by atoms with Crippen LogP contribution in [-0.4, -0.2) is 120 Å². The van der Waals surface area contributed by atoms with Gasteiger partial charge in [0.1, 0.15) is 0 Å². The third kappa shape index (κ3) is 20.9. The summed E-state index contributed by atoms with van der Waals surface area (Å²) in [5.41, 5.74) is 0. The lowest BCUT2D eigenvalue weighted by Gasteiger charge is -2.25. The summed E-state index contributed by atoms with van der Waals surface area (Å²) in [6.07, 6.45) is 2.08. The molecular weight excluding hydrogens is 388 g/mol. The summed E-state index contributed by atoms with van der Waals surface area (Å²) >= 11 is 0. The van der Waals surface area contributed by atoms with Gasteiger partial charge in [-0.1, -0.05) is 0 Å². The highest BCUT2D eigenvalue weighted by Gasteiger charge is 2.11. The van der Waals surface area contributed by atoms with Crippen LogP contribution in [0.4, 0.5) is 0 Å². The van der Waals surface area contributed by atoms with Crippen LogP contribution in [0.3, 0.4) is 0 Å². The molecule has 0 aromatic rings. The Balaban J connectivity index is 3.58. The van der Waals surface area contributed by atoms with Gasteiger partial charge in [-0.05, 0) is 53.4 Å². The molecule has 8 heteroatoms. The first-order valence-electron chi connectivity index (χ1n) is 11.5. The van der Waals surface area contributed by atoms with Crippen LogP contribution in [0.25, 0.3) is 0 Å². The fraction of sp³-hybridized carbons (Fsp3) is 1.00. The van der Waals surface area contributed by atoms with Gasteiger partial charge in [0.05, 0.1) is 24.4 Å². The lowest BCUT2D eigenvalue weighted by molar-refractivity contribution is 0.0635. The zero-order chi connectivity index (χ0) is 22.8. The van der Waals surface area contributed by atoms with Gasteiger partial charge in [0.25, 0.3) is 0 Å². The van der Waals surface area contributed by atoms with Crippen LogP contribution in [0.5, 0.6) is 0 Å². The molecule has 30 heavy (non-hydrogen) atoms. The van der Waals surface area contributed by atoms with Crippen molar-refractivity contribution >= 4 is 0 Å². The van der Waals surface area contributed by atoms with Gasteiger partial charge < -0.3 is 29.9 Å². The smallest absolute Gasteiger partial charge is 0.0639 e. The number of unbranched alkanes of at least 4 members (excludes halogenated alkanes) is 1. The van der Waals surface area contributed by atoms with E-state index in [1.165, 1.54) is 0 Å². The zero-order valence-electron chi connectivity index (χ0n) is 19.7. The minimum atomic E-state index is -0.399. The van der Waals surface area contributed by atoms with Crippen LogP contribution in [0.2, 0.25) is 0 Å². The van der Waals surface area contributed by atoms with Gasteiger partial charge in [-0.15, -0.1) is 0 Å². The maximum Gasteiger partial charge on any atom is 0.0639 e. The lowest BCUT2D eigenvalue weighted by Crippen LogP contribution is -2.37. The highest BCUT2D eigenvalue weighted by atomic mass is 16.5. The van der Waals surface area contributed by atoms with Gasteiger partial charge >= 0.3 is 0 Å². The average molecular weight is 437 g/mol. The molecule has 0 aliphatic rings. The summed E-state index contributed by atoms with van der Waals surface area (Å²) in [5, 5.41) is 38.1. The Labute approximate surface area is 183 Å². The van der Waals surface area contributed by atoms with E-state index in [9.17, 15) is 20.4 Å². The number of rotatable bonds is 21. The summed E-state index contributed by atoms with van der Waals surface area (Å²) < 4.78 is 11.3. The minimum absolute atomic E-state index is 0.399. The number of ether oxygens (including phenoxy) is 2. The van der Waals surface area contributed by atoms with E-state index in [0.717, 1.165) is 38.8 Å². The Kier molecular flexibility index (Phi) is 19.2. The Morgan fingerprint density at radius 3 is 1.03 bits per heavy atom. The van der Waals surface area contributed by atoms with Crippen LogP contribution in [0.1, 0.15) is 53.4 Å². The summed E-state index contributed by atoms with van der Waals surface area (Å²) in [4.78, 5) is 4.13.